The van der Waals surface area contributed by atoms with Crippen molar-refractivity contribution in [3.63, 3.8) is 0 Å². The summed E-state index contributed by atoms with van der Waals surface area (Å²) in [6.07, 6.45) is 0. The van der Waals surface area contributed by atoms with Gasteiger partial charge in [0.25, 0.3) is 0 Å². The molecule has 0 radical (unpaired) electrons. The highest BCUT2D eigenvalue weighted by Gasteiger charge is 2.06. The number of hydrogen-bond acceptors (Lipinski definition) is 2. The SMILES string of the molecule is Cc1cc(C)c2nc(COc3ccc(F)cc3)[nH]c2c1. The standard InChI is InChI=1S/C16H15FN2O/c1-10-7-11(2)16-14(8-10)18-15(19-16)9-20-13-5-3-12(17)4-6-13/h3-8H,9H2,1-2H3,(H,18,19). The fraction of sp³-hybridized carbons (Fsp3) is 0.188. The number of nitrogens with zero attached hydrogens (tertiary/aromatic N) is 1. The molecule has 0 amide bonds. The lowest BCUT2D eigenvalue weighted by Gasteiger charge is -2.03. The highest BCUT2D eigenvalue weighted by atomic mass is 19.1. The summed E-state index contributed by atoms with van der Waals surface area (Å²) in [4.78, 5) is 7.78. The summed E-state index contributed by atoms with van der Waals surface area (Å²) >= 11 is 0. The smallest absolute Gasteiger partial charge is 0.146 e. The van der Waals surface area contributed by atoms with E-state index in [0.717, 1.165) is 22.4 Å². The van der Waals surface area contributed by atoms with Gasteiger partial charge in [0, 0.05) is 0 Å². The van der Waals surface area contributed by atoms with E-state index in [1.807, 2.05) is 6.92 Å². The number of imidazole rings is 1. The number of fused-ring (bicyclic) bond motifs is 1. The van der Waals surface area contributed by atoms with E-state index in [4.69, 9.17) is 4.74 Å². The van der Waals surface area contributed by atoms with Crippen LogP contribution in [0.25, 0.3) is 11.0 Å². The van der Waals surface area contributed by atoms with Crippen LogP contribution in [0.15, 0.2) is 36.4 Å². The van der Waals surface area contributed by atoms with Crippen molar-refractivity contribution < 1.29 is 9.13 Å². The summed E-state index contributed by atoms with van der Waals surface area (Å²) in [5.41, 5.74) is 4.32. The fourth-order valence-corrected chi connectivity index (χ4v) is 2.27. The Kier molecular flexibility index (Phi) is 3.14. The van der Waals surface area contributed by atoms with Crippen molar-refractivity contribution in [2.75, 3.05) is 0 Å². The normalized spacial score (nSPS) is 10.9. The van der Waals surface area contributed by atoms with E-state index in [1.165, 1.54) is 17.7 Å². The molecule has 102 valence electrons. The minimum Gasteiger partial charge on any atom is -0.486 e. The first kappa shape index (κ1) is 12.7. The molecule has 0 aliphatic rings. The van der Waals surface area contributed by atoms with E-state index in [1.54, 1.807) is 12.1 Å². The number of halogens is 1. The molecule has 4 heteroatoms. The zero-order valence-corrected chi connectivity index (χ0v) is 11.4. The molecule has 0 unspecified atom stereocenters. The molecule has 0 saturated heterocycles. The van der Waals surface area contributed by atoms with Gasteiger partial charge in [-0.1, -0.05) is 6.07 Å². The van der Waals surface area contributed by atoms with Gasteiger partial charge in [-0.2, -0.15) is 0 Å². The lowest BCUT2D eigenvalue weighted by molar-refractivity contribution is 0.297. The van der Waals surface area contributed by atoms with Crippen LogP contribution < -0.4 is 4.74 Å². The molecule has 3 nitrogen and oxygen atoms in total. The zero-order valence-electron chi connectivity index (χ0n) is 11.4. The number of hydrogen-bond donors (Lipinski definition) is 1. The zero-order chi connectivity index (χ0) is 14.1. The highest BCUT2D eigenvalue weighted by Crippen LogP contribution is 2.19. The van der Waals surface area contributed by atoms with Crippen LogP contribution in [0.4, 0.5) is 4.39 Å². The van der Waals surface area contributed by atoms with Gasteiger partial charge in [0.1, 0.15) is 24.0 Å². The number of aryl methyl sites for hydroxylation is 2. The number of ether oxygens (including phenoxy) is 1. The first-order valence-corrected chi connectivity index (χ1v) is 6.46. The van der Waals surface area contributed by atoms with Crippen molar-refractivity contribution in [3.8, 4) is 5.75 Å². The Bertz CT molecular complexity index is 747. The number of aromatic nitrogens is 2. The van der Waals surface area contributed by atoms with Crippen molar-refractivity contribution in [3.05, 3.63) is 59.2 Å². The van der Waals surface area contributed by atoms with Crippen molar-refractivity contribution in [1.29, 1.82) is 0 Å². The third-order valence-corrected chi connectivity index (χ3v) is 3.16. The Balaban J connectivity index is 1.81. The second-order valence-electron chi connectivity index (χ2n) is 4.90. The van der Waals surface area contributed by atoms with Gasteiger partial charge in [-0.15, -0.1) is 0 Å². The van der Waals surface area contributed by atoms with E-state index < -0.39 is 0 Å². The first-order valence-electron chi connectivity index (χ1n) is 6.46. The van der Waals surface area contributed by atoms with Crippen LogP contribution in [0.2, 0.25) is 0 Å². The molecule has 0 aliphatic heterocycles. The molecule has 2 aromatic carbocycles. The maximum absolute atomic E-state index is 12.8. The molecule has 1 heterocycles. The lowest BCUT2D eigenvalue weighted by atomic mass is 10.1. The summed E-state index contributed by atoms with van der Waals surface area (Å²) < 4.78 is 18.4. The van der Waals surface area contributed by atoms with Gasteiger partial charge in [0.05, 0.1) is 11.0 Å². The van der Waals surface area contributed by atoms with Crippen LogP contribution in [-0.2, 0) is 6.61 Å². The van der Waals surface area contributed by atoms with Gasteiger partial charge in [-0.05, 0) is 55.3 Å². The van der Waals surface area contributed by atoms with Crippen LogP contribution in [0.1, 0.15) is 17.0 Å². The molecule has 1 N–H and O–H groups in total. The number of nitrogens with one attached hydrogen (secondary N) is 1. The Morgan fingerprint density at radius 2 is 1.90 bits per heavy atom. The van der Waals surface area contributed by atoms with Gasteiger partial charge >= 0.3 is 0 Å². The van der Waals surface area contributed by atoms with Crippen LogP contribution in [-0.4, -0.2) is 9.97 Å². The Hall–Kier alpha value is -2.36. The van der Waals surface area contributed by atoms with Gasteiger partial charge in [0.2, 0.25) is 0 Å². The summed E-state index contributed by atoms with van der Waals surface area (Å²) in [6, 6.07) is 10.1. The first-order chi connectivity index (χ1) is 9.61. The average Bonchev–Trinajstić information content (AvgIpc) is 2.81. The average molecular weight is 270 g/mol. The predicted octanol–water partition coefficient (Wildman–Crippen LogP) is 3.90. The second-order valence-corrected chi connectivity index (χ2v) is 4.90. The largest absolute Gasteiger partial charge is 0.486 e. The van der Waals surface area contributed by atoms with Gasteiger partial charge in [0.15, 0.2) is 0 Å². The second kappa shape index (κ2) is 4.96. The summed E-state index contributed by atoms with van der Waals surface area (Å²) in [7, 11) is 0. The van der Waals surface area contributed by atoms with Gasteiger partial charge < -0.3 is 9.72 Å². The predicted molar refractivity (Wildman–Crippen MR) is 76.3 cm³/mol. The maximum Gasteiger partial charge on any atom is 0.146 e. The molecule has 20 heavy (non-hydrogen) atoms. The molecule has 0 saturated carbocycles. The number of benzene rings is 2. The van der Waals surface area contributed by atoms with Crippen LogP contribution in [0.5, 0.6) is 5.75 Å². The van der Waals surface area contributed by atoms with Crippen LogP contribution >= 0.6 is 0 Å². The minimum absolute atomic E-state index is 0.271. The van der Waals surface area contributed by atoms with Gasteiger partial charge in [-0.3, -0.25) is 0 Å². The Labute approximate surface area is 116 Å². The molecule has 1 aromatic heterocycles. The Morgan fingerprint density at radius 1 is 1.15 bits per heavy atom. The summed E-state index contributed by atoms with van der Waals surface area (Å²) in [5.74, 6) is 1.12. The summed E-state index contributed by atoms with van der Waals surface area (Å²) in [5, 5.41) is 0. The van der Waals surface area contributed by atoms with Crippen molar-refractivity contribution >= 4 is 11.0 Å². The van der Waals surface area contributed by atoms with Crippen molar-refractivity contribution in [1.82, 2.24) is 9.97 Å². The summed E-state index contributed by atoms with van der Waals surface area (Å²) in [6.45, 7) is 4.43. The molecule has 3 rings (SSSR count). The number of H-pyrrole nitrogens is 1. The topological polar surface area (TPSA) is 37.9 Å². The molecular weight excluding hydrogens is 255 g/mol. The van der Waals surface area contributed by atoms with Crippen molar-refractivity contribution in [2.24, 2.45) is 0 Å². The molecule has 3 aromatic rings. The van der Waals surface area contributed by atoms with Gasteiger partial charge in [-0.25, -0.2) is 9.37 Å². The molecule has 0 aliphatic carbocycles. The third kappa shape index (κ3) is 2.50. The molecule has 0 spiro atoms. The molecular formula is C16H15FN2O. The Morgan fingerprint density at radius 3 is 2.65 bits per heavy atom. The molecule has 0 bridgehead atoms. The molecule has 0 fully saturated rings. The maximum atomic E-state index is 12.8. The van der Waals surface area contributed by atoms with Crippen LogP contribution in [0.3, 0.4) is 0 Å². The van der Waals surface area contributed by atoms with E-state index in [-0.39, 0.29) is 5.82 Å². The minimum atomic E-state index is -0.271. The quantitative estimate of drug-likeness (QED) is 0.783. The third-order valence-electron chi connectivity index (χ3n) is 3.16. The van der Waals surface area contributed by atoms with Crippen LogP contribution in [0, 0.1) is 19.7 Å². The van der Waals surface area contributed by atoms with E-state index in [9.17, 15) is 4.39 Å². The monoisotopic (exact) mass is 270 g/mol. The van der Waals surface area contributed by atoms with E-state index in [0.29, 0.717) is 12.4 Å². The number of aromatic amines is 1. The van der Waals surface area contributed by atoms with E-state index in [2.05, 4.69) is 29.0 Å². The van der Waals surface area contributed by atoms with E-state index >= 15 is 0 Å². The fourth-order valence-electron chi connectivity index (χ4n) is 2.27. The highest BCUT2D eigenvalue weighted by molar-refractivity contribution is 5.79. The molecule has 0 atom stereocenters. The number of rotatable bonds is 3. The van der Waals surface area contributed by atoms with Crippen molar-refractivity contribution in [2.45, 2.75) is 20.5 Å². The lowest BCUT2D eigenvalue weighted by Crippen LogP contribution is -1.97.